The molecule has 1 amide bonds. The van der Waals surface area contributed by atoms with Crippen molar-refractivity contribution in [3.05, 3.63) is 105 Å². The Balaban J connectivity index is 1.69. The highest BCUT2D eigenvalue weighted by molar-refractivity contribution is 6.12. The summed E-state index contributed by atoms with van der Waals surface area (Å²) in [4.78, 5) is 28.8. The summed E-state index contributed by atoms with van der Waals surface area (Å²) in [6, 6.07) is 20.1. The Hall–Kier alpha value is -4.19. The molecule has 0 saturated carbocycles. The van der Waals surface area contributed by atoms with Crippen LogP contribution in [0.4, 0.5) is 5.82 Å². The number of fused-ring (bicyclic) bond motifs is 4. The van der Waals surface area contributed by atoms with Crippen LogP contribution in [0.1, 0.15) is 39.0 Å². The number of amides is 1. The lowest BCUT2D eigenvalue weighted by atomic mass is 9.97. The van der Waals surface area contributed by atoms with E-state index in [0.717, 1.165) is 21.9 Å². The molecule has 3 heterocycles. The molecule has 156 valence electrons. The maximum Gasteiger partial charge on any atom is 0.296 e. The van der Waals surface area contributed by atoms with Crippen LogP contribution in [0.5, 0.6) is 0 Å². The summed E-state index contributed by atoms with van der Waals surface area (Å²) in [7, 11) is 0. The molecule has 0 aliphatic carbocycles. The van der Waals surface area contributed by atoms with E-state index in [4.69, 9.17) is 8.94 Å². The molecule has 6 rings (SSSR count). The zero-order valence-electron chi connectivity index (χ0n) is 17.5. The Morgan fingerprint density at radius 3 is 2.44 bits per heavy atom. The highest BCUT2D eigenvalue weighted by Crippen LogP contribution is 2.41. The SMILES string of the molecule is Cc1ccc([C@@H]2c3c(oc4c(ccc5ccccc54)c3=O)C(=O)N2c2cc(C)on2)cc1. The molecule has 0 N–H and O–H groups in total. The van der Waals surface area contributed by atoms with Crippen molar-refractivity contribution < 1.29 is 13.7 Å². The van der Waals surface area contributed by atoms with Crippen LogP contribution < -0.4 is 10.3 Å². The molecule has 1 aliphatic rings. The first-order chi connectivity index (χ1) is 15.5. The van der Waals surface area contributed by atoms with Crippen LogP contribution in [0.3, 0.4) is 0 Å². The van der Waals surface area contributed by atoms with E-state index < -0.39 is 11.9 Å². The van der Waals surface area contributed by atoms with Gasteiger partial charge < -0.3 is 8.94 Å². The number of hydrogen-bond donors (Lipinski definition) is 0. The fraction of sp³-hybridized carbons (Fsp3) is 0.115. The van der Waals surface area contributed by atoms with E-state index in [2.05, 4.69) is 5.16 Å². The lowest BCUT2D eigenvalue weighted by Gasteiger charge is -2.22. The fourth-order valence-corrected chi connectivity index (χ4v) is 4.47. The zero-order chi connectivity index (χ0) is 22.0. The van der Waals surface area contributed by atoms with E-state index in [1.807, 2.05) is 61.5 Å². The number of anilines is 1. The second kappa shape index (κ2) is 6.65. The van der Waals surface area contributed by atoms with Gasteiger partial charge in [0.05, 0.1) is 17.0 Å². The van der Waals surface area contributed by atoms with Crippen LogP contribution >= 0.6 is 0 Å². The van der Waals surface area contributed by atoms with Gasteiger partial charge in [0.2, 0.25) is 5.76 Å². The molecule has 1 atom stereocenters. The Morgan fingerprint density at radius 2 is 1.69 bits per heavy atom. The molecule has 6 nitrogen and oxygen atoms in total. The lowest BCUT2D eigenvalue weighted by Crippen LogP contribution is -2.29. The number of nitrogens with zero attached hydrogens (tertiary/aromatic N) is 2. The number of rotatable bonds is 2. The van der Waals surface area contributed by atoms with Gasteiger partial charge in [0, 0.05) is 11.5 Å². The average molecular weight is 422 g/mol. The molecule has 32 heavy (non-hydrogen) atoms. The van der Waals surface area contributed by atoms with Gasteiger partial charge in [-0.25, -0.2) is 0 Å². The Bertz CT molecular complexity index is 1590. The quantitative estimate of drug-likeness (QED) is 0.361. The Kier molecular flexibility index (Phi) is 3.86. The van der Waals surface area contributed by atoms with Crippen LogP contribution in [-0.4, -0.2) is 11.1 Å². The van der Waals surface area contributed by atoms with Crippen molar-refractivity contribution in [1.29, 1.82) is 0 Å². The second-order valence-electron chi connectivity index (χ2n) is 8.12. The van der Waals surface area contributed by atoms with Gasteiger partial charge in [-0.3, -0.25) is 14.5 Å². The summed E-state index contributed by atoms with van der Waals surface area (Å²) < 4.78 is 11.4. The van der Waals surface area contributed by atoms with Gasteiger partial charge in [0.25, 0.3) is 5.91 Å². The molecular weight excluding hydrogens is 404 g/mol. The first-order valence-corrected chi connectivity index (χ1v) is 10.3. The molecule has 3 aromatic carbocycles. The first-order valence-electron chi connectivity index (χ1n) is 10.3. The summed E-state index contributed by atoms with van der Waals surface area (Å²) in [6.07, 6.45) is 0. The summed E-state index contributed by atoms with van der Waals surface area (Å²) in [5.41, 5.74) is 2.41. The normalized spacial score (nSPS) is 15.6. The van der Waals surface area contributed by atoms with Crippen molar-refractivity contribution in [2.24, 2.45) is 0 Å². The van der Waals surface area contributed by atoms with E-state index >= 15 is 0 Å². The van der Waals surface area contributed by atoms with Crippen molar-refractivity contribution >= 4 is 33.5 Å². The molecule has 0 radical (unpaired) electrons. The maximum absolute atomic E-state index is 13.8. The maximum atomic E-state index is 13.8. The average Bonchev–Trinajstić information content (AvgIpc) is 3.35. The molecule has 2 aromatic heterocycles. The number of aryl methyl sites for hydroxylation is 2. The van der Waals surface area contributed by atoms with Crippen molar-refractivity contribution in [2.75, 3.05) is 4.90 Å². The fourth-order valence-electron chi connectivity index (χ4n) is 4.47. The summed E-state index contributed by atoms with van der Waals surface area (Å²) in [5.74, 6) is 0.551. The number of carbonyl (C=O) groups excluding carboxylic acids is 1. The van der Waals surface area contributed by atoms with Crippen molar-refractivity contribution in [3.8, 4) is 0 Å². The molecular formula is C26H18N2O4. The summed E-state index contributed by atoms with van der Waals surface area (Å²) in [6.45, 7) is 3.75. The Labute approximate surface area is 182 Å². The molecule has 6 heteroatoms. The predicted octanol–water partition coefficient (Wildman–Crippen LogP) is 5.30. The van der Waals surface area contributed by atoms with E-state index in [-0.39, 0.29) is 11.2 Å². The molecule has 0 fully saturated rings. The van der Waals surface area contributed by atoms with Gasteiger partial charge in [-0.15, -0.1) is 0 Å². The second-order valence-corrected chi connectivity index (χ2v) is 8.12. The summed E-state index contributed by atoms with van der Waals surface area (Å²) in [5, 5.41) is 6.24. The third-order valence-corrected chi connectivity index (χ3v) is 6.02. The minimum atomic E-state index is -0.658. The van der Waals surface area contributed by atoms with Crippen molar-refractivity contribution in [1.82, 2.24) is 5.16 Å². The van der Waals surface area contributed by atoms with Gasteiger partial charge in [-0.2, -0.15) is 0 Å². The molecule has 5 aromatic rings. The van der Waals surface area contributed by atoms with Crippen LogP contribution in [0.15, 0.2) is 80.5 Å². The molecule has 0 saturated heterocycles. The predicted molar refractivity (Wildman–Crippen MR) is 121 cm³/mol. The largest absolute Gasteiger partial charge is 0.450 e. The Morgan fingerprint density at radius 1 is 0.906 bits per heavy atom. The monoisotopic (exact) mass is 422 g/mol. The van der Waals surface area contributed by atoms with E-state index in [1.165, 1.54) is 4.90 Å². The van der Waals surface area contributed by atoms with E-state index in [0.29, 0.717) is 28.1 Å². The number of benzene rings is 3. The molecule has 0 unspecified atom stereocenters. The van der Waals surface area contributed by atoms with Crippen molar-refractivity contribution in [2.45, 2.75) is 19.9 Å². The topological polar surface area (TPSA) is 76.6 Å². The van der Waals surface area contributed by atoms with Crippen LogP contribution in [0.25, 0.3) is 21.7 Å². The third-order valence-electron chi connectivity index (χ3n) is 6.02. The third kappa shape index (κ3) is 2.56. The van der Waals surface area contributed by atoms with Gasteiger partial charge in [-0.1, -0.05) is 65.3 Å². The zero-order valence-corrected chi connectivity index (χ0v) is 17.5. The standard InChI is InChI=1S/C26H18N2O4/c1-14-7-9-17(10-8-14)22-21-23(29)19-12-11-16-5-3-4-6-18(16)24(19)31-25(21)26(30)28(22)20-13-15(2)32-27-20/h3-13,22H,1-2H3/t22-/m1/s1. The van der Waals surface area contributed by atoms with Crippen molar-refractivity contribution in [3.63, 3.8) is 0 Å². The molecule has 1 aliphatic heterocycles. The number of hydrogen-bond acceptors (Lipinski definition) is 5. The molecule has 0 bridgehead atoms. The minimum absolute atomic E-state index is 0.0464. The van der Waals surface area contributed by atoms with Gasteiger partial charge in [0.15, 0.2) is 11.2 Å². The lowest BCUT2D eigenvalue weighted by molar-refractivity contribution is 0.0969. The highest BCUT2D eigenvalue weighted by atomic mass is 16.5. The number of carbonyl (C=O) groups is 1. The highest BCUT2D eigenvalue weighted by Gasteiger charge is 2.45. The van der Waals surface area contributed by atoms with E-state index in [1.54, 1.807) is 19.1 Å². The minimum Gasteiger partial charge on any atom is -0.450 e. The van der Waals surface area contributed by atoms with Crippen LogP contribution in [0, 0.1) is 13.8 Å². The summed E-state index contributed by atoms with van der Waals surface area (Å²) >= 11 is 0. The smallest absolute Gasteiger partial charge is 0.296 e. The van der Waals surface area contributed by atoms with Crippen LogP contribution in [-0.2, 0) is 0 Å². The van der Waals surface area contributed by atoms with Gasteiger partial charge in [-0.05, 0) is 30.9 Å². The van der Waals surface area contributed by atoms with Crippen LogP contribution in [0.2, 0.25) is 0 Å². The van der Waals surface area contributed by atoms with E-state index in [9.17, 15) is 9.59 Å². The van der Waals surface area contributed by atoms with Gasteiger partial charge in [0.1, 0.15) is 11.3 Å². The first kappa shape index (κ1) is 18.6. The van der Waals surface area contributed by atoms with Gasteiger partial charge >= 0.3 is 0 Å². The molecule has 0 spiro atoms. The number of aromatic nitrogens is 1.